The molecular weight excluding hydrogens is 272 g/mol. The van der Waals surface area contributed by atoms with Gasteiger partial charge in [0.15, 0.2) is 0 Å². The van der Waals surface area contributed by atoms with Crippen molar-refractivity contribution in [3.05, 3.63) is 66.3 Å². The predicted molar refractivity (Wildman–Crippen MR) is 74.1 cm³/mol. The van der Waals surface area contributed by atoms with E-state index in [2.05, 4.69) is 0 Å². The first-order valence-corrected chi connectivity index (χ1v) is 6.31. The highest BCUT2D eigenvalue weighted by Crippen LogP contribution is 2.23. The number of hydrogen-bond acceptors (Lipinski definition) is 4. The van der Waals surface area contributed by atoms with Gasteiger partial charge in [0, 0.05) is 5.56 Å². The van der Waals surface area contributed by atoms with Crippen molar-refractivity contribution in [3.63, 3.8) is 0 Å². The maximum absolute atomic E-state index is 10.7. The Morgan fingerprint density at radius 1 is 1.10 bits per heavy atom. The third-order valence-corrected chi connectivity index (χ3v) is 2.91. The van der Waals surface area contributed by atoms with Crippen LogP contribution in [0.1, 0.15) is 16.3 Å². The molecule has 0 radical (unpaired) electrons. The van der Waals surface area contributed by atoms with E-state index < -0.39 is 5.97 Å². The molecule has 0 saturated carbocycles. The Labute approximate surface area is 120 Å². The summed E-state index contributed by atoms with van der Waals surface area (Å²) >= 11 is 0. The smallest absolute Gasteiger partial charge is 0.371 e. The van der Waals surface area contributed by atoms with Gasteiger partial charge >= 0.3 is 5.97 Å². The van der Waals surface area contributed by atoms with Crippen LogP contribution in [0.4, 0.5) is 0 Å². The molecule has 0 aliphatic carbocycles. The van der Waals surface area contributed by atoms with Crippen molar-refractivity contribution in [1.82, 2.24) is 0 Å². The summed E-state index contributed by atoms with van der Waals surface area (Å²) in [6.45, 7) is 0.174. The molecule has 3 rings (SSSR count). The maximum atomic E-state index is 10.7. The molecule has 0 amide bonds. The van der Waals surface area contributed by atoms with E-state index in [0.29, 0.717) is 11.5 Å². The summed E-state index contributed by atoms with van der Waals surface area (Å²) in [7, 11) is 0. The molecule has 0 fully saturated rings. The lowest BCUT2D eigenvalue weighted by Gasteiger charge is -2.04. The minimum atomic E-state index is -1.09. The monoisotopic (exact) mass is 284 g/mol. The van der Waals surface area contributed by atoms with Gasteiger partial charge < -0.3 is 18.7 Å². The fourth-order valence-electron chi connectivity index (χ4n) is 1.88. The lowest BCUT2D eigenvalue weighted by atomic mass is 10.2. The first kappa shape index (κ1) is 13.1. The van der Waals surface area contributed by atoms with Crippen LogP contribution in [-0.2, 0) is 6.61 Å². The largest absolute Gasteiger partial charge is 0.486 e. The Morgan fingerprint density at radius 2 is 1.90 bits per heavy atom. The zero-order valence-electron chi connectivity index (χ0n) is 11.0. The molecular formula is C16H12O5. The summed E-state index contributed by atoms with van der Waals surface area (Å²) in [6, 6.07) is 14.1. The summed E-state index contributed by atoms with van der Waals surface area (Å²) < 4.78 is 16.0. The predicted octanol–water partition coefficient (Wildman–Crippen LogP) is 3.82. The number of aromatic carboxylic acids is 1. The average Bonchev–Trinajstić information content (AvgIpc) is 3.17. The van der Waals surface area contributed by atoms with E-state index in [1.807, 2.05) is 36.4 Å². The minimum Gasteiger partial charge on any atom is -0.486 e. The molecule has 5 nitrogen and oxygen atoms in total. The van der Waals surface area contributed by atoms with E-state index in [1.165, 1.54) is 6.07 Å². The van der Waals surface area contributed by atoms with Gasteiger partial charge in [-0.3, -0.25) is 0 Å². The van der Waals surface area contributed by atoms with E-state index in [9.17, 15) is 4.79 Å². The molecule has 0 aliphatic heterocycles. The summed E-state index contributed by atoms with van der Waals surface area (Å²) in [5.41, 5.74) is 0.957. The zero-order chi connectivity index (χ0) is 14.7. The second-order valence-corrected chi connectivity index (χ2v) is 4.36. The Balaban J connectivity index is 1.64. The van der Waals surface area contributed by atoms with Crippen LogP contribution in [0.3, 0.4) is 0 Å². The molecule has 0 aliphatic rings. The second-order valence-electron chi connectivity index (χ2n) is 4.36. The van der Waals surface area contributed by atoms with Gasteiger partial charge in [-0.15, -0.1) is 0 Å². The molecule has 106 valence electrons. The molecule has 5 heteroatoms. The first-order chi connectivity index (χ1) is 10.2. The van der Waals surface area contributed by atoms with Crippen LogP contribution in [0.15, 0.2) is 63.6 Å². The number of carboxylic acid groups (broad SMARTS) is 1. The lowest BCUT2D eigenvalue weighted by Crippen LogP contribution is -1.95. The van der Waals surface area contributed by atoms with Gasteiger partial charge in [-0.2, -0.15) is 0 Å². The number of carboxylic acids is 1. The van der Waals surface area contributed by atoms with Crippen molar-refractivity contribution >= 4 is 5.97 Å². The number of ether oxygens (including phenoxy) is 1. The van der Waals surface area contributed by atoms with Crippen LogP contribution < -0.4 is 4.74 Å². The molecule has 0 atom stereocenters. The molecule has 0 saturated heterocycles. The first-order valence-electron chi connectivity index (χ1n) is 6.31. The normalized spacial score (nSPS) is 10.5. The molecule has 0 unspecified atom stereocenters. The molecule has 2 heterocycles. The van der Waals surface area contributed by atoms with Gasteiger partial charge in [-0.25, -0.2) is 4.79 Å². The fraction of sp³-hybridized carbons (Fsp3) is 0.0625. The quantitative estimate of drug-likeness (QED) is 0.771. The third kappa shape index (κ3) is 2.97. The Kier molecular flexibility index (Phi) is 3.47. The van der Waals surface area contributed by atoms with E-state index >= 15 is 0 Å². The maximum Gasteiger partial charge on any atom is 0.371 e. The number of hydrogen-bond donors (Lipinski definition) is 1. The Hall–Kier alpha value is -2.95. The number of furan rings is 2. The summed E-state index contributed by atoms with van der Waals surface area (Å²) in [5.74, 6) is 0.727. The van der Waals surface area contributed by atoms with Crippen LogP contribution in [0.5, 0.6) is 5.75 Å². The van der Waals surface area contributed by atoms with Gasteiger partial charge in [0.05, 0.1) is 6.26 Å². The van der Waals surface area contributed by atoms with Crippen LogP contribution in [0.25, 0.3) is 11.3 Å². The van der Waals surface area contributed by atoms with E-state index in [0.717, 1.165) is 11.3 Å². The summed E-state index contributed by atoms with van der Waals surface area (Å²) in [6.07, 6.45) is 1.62. The van der Waals surface area contributed by atoms with Crippen molar-refractivity contribution in [2.75, 3.05) is 0 Å². The summed E-state index contributed by atoms with van der Waals surface area (Å²) in [5, 5.41) is 8.76. The standard InChI is InChI=1S/C16H12O5/c17-16(18)15-8-7-13(21-15)10-20-12-5-3-11(4-6-12)14-2-1-9-19-14/h1-9H,10H2,(H,17,18). The highest BCUT2D eigenvalue weighted by molar-refractivity contribution is 5.84. The van der Waals surface area contributed by atoms with Crippen molar-refractivity contribution in [2.24, 2.45) is 0 Å². The van der Waals surface area contributed by atoms with Gasteiger partial charge in [-0.05, 0) is 48.5 Å². The van der Waals surface area contributed by atoms with Crippen LogP contribution in [-0.4, -0.2) is 11.1 Å². The van der Waals surface area contributed by atoms with E-state index in [-0.39, 0.29) is 12.4 Å². The van der Waals surface area contributed by atoms with Crippen LogP contribution >= 0.6 is 0 Å². The van der Waals surface area contributed by atoms with Gasteiger partial charge in [0.25, 0.3) is 0 Å². The SMILES string of the molecule is O=C(O)c1ccc(COc2ccc(-c3ccco3)cc2)o1. The van der Waals surface area contributed by atoms with E-state index in [1.54, 1.807) is 12.3 Å². The van der Waals surface area contributed by atoms with Gasteiger partial charge in [-0.1, -0.05) is 0 Å². The fourth-order valence-corrected chi connectivity index (χ4v) is 1.88. The molecule has 21 heavy (non-hydrogen) atoms. The molecule has 0 spiro atoms. The highest BCUT2D eigenvalue weighted by Gasteiger charge is 2.09. The zero-order valence-corrected chi connectivity index (χ0v) is 11.0. The molecule has 1 N–H and O–H groups in total. The van der Waals surface area contributed by atoms with Crippen molar-refractivity contribution in [2.45, 2.75) is 6.61 Å². The molecule has 0 bridgehead atoms. The third-order valence-electron chi connectivity index (χ3n) is 2.91. The number of benzene rings is 1. The average molecular weight is 284 g/mol. The van der Waals surface area contributed by atoms with Crippen LogP contribution in [0, 0.1) is 0 Å². The Bertz CT molecular complexity index is 722. The number of carbonyl (C=O) groups is 1. The van der Waals surface area contributed by atoms with Crippen molar-refractivity contribution in [3.8, 4) is 17.1 Å². The Morgan fingerprint density at radius 3 is 2.52 bits per heavy atom. The van der Waals surface area contributed by atoms with Gasteiger partial charge in [0.1, 0.15) is 23.9 Å². The molecule has 2 aromatic heterocycles. The summed E-state index contributed by atoms with van der Waals surface area (Å²) in [4.78, 5) is 10.7. The van der Waals surface area contributed by atoms with Crippen molar-refractivity contribution < 1.29 is 23.5 Å². The van der Waals surface area contributed by atoms with Crippen LogP contribution in [0.2, 0.25) is 0 Å². The molecule has 3 aromatic rings. The molecule has 1 aromatic carbocycles. The van der Waals surface area contributed by atoms with Crippen molar-refractivity contribution in [1.29, 1.82) is 0 Å². The van der Waals surface area contributed by atoms with Gasteiger partial charge in [0.2, 0.25) is 5.76 Å². The van der Waals surface area contributed by atoms with E-state index in [4.69, 9.17) is 18.7 Å². The highest BCUT2D eigenvalue weighted by atomic mass is 16.5. The lowest BCUT2D eigenvalue weighted by molar-refractivity contribution is 0.0658. The second kappa shape index (κ2) is 5.58. The number of rotatable bonds is 5. The minimum absolute atomic E-state index is 0.0956. The topological polar surface area (TPSA) is 72.8 Å².